The van der Waals surface area contributed by atoms with Gasteiger partial charge in [0, 0.05) is 6.42 Å². The first-order valence-corrected chi connectivity index (χ1v) is 11.5. The Bertz CT molecular complexity index is 748. The summed E-state index contributed by atoms with van der Waals surface area (Å²) in [5.74, 6) is -0.796. The van der Waals surface area contributed by atoms with Crippen LogP contribution < -0.4 is 10.4 Å². The van der Waals surface area contributed by atoms with Gasteiger partial charge in [0.15, 0.2) is 6.10 Å². The maximum absolute atomic E-state index is 11.8. The van der Waals surface area contributed by atoms with E-state index >= 15 is 0 Å². The van der Waals surface area contributed by atoms with Crippen LogP contribution in [0.1, 0.15) is 27.2 Å². The van der Waals surface area contributed by atoms with E-state index in [1.165, 1.54) is 0 Å². The highest BCUT2D eigenvalue weighted by Crippen LogP contribution is 2.37. The zero-order valence-corrected chi connectivity index (χ0v) is 17.5. The van der Waals surface area contributed by atoms with Crippen molar-refractivity contribution >= 4 is 24.7 Å². The van der Waals surface area contributed by atoms with Gasteiger partial charge in [-0.25, -0.2) is 4.79 Å². The molecular weight excluding hydrogens is 372 g/mol. The minimum Gasteiger partial charge on any atom is -0.458 e. The van der Waals surface area contributed by atoms with Crippen LogP contribution in [0.25, 0.3) is 0 Å². The van der Waals surface area contributed by atoms with Crippen molar-refractivity contribution in [2.45, 2.75) is 50.5 Å². The van der Waals surface area contributed by atoms with Crippen LogP contribution in [0.5, 0.6) is 0 Å². The molecule has 0 spiro atoms. The average molecular weight is 401 g/mol. The number of ether oxygens (including phenoxy) is 1. The summed E-state index contributed by atoms with van der Waals surface area (Å²) in [6.45, 7) is 6.68. The van der Waals surface area contributed by atoms with E-state index in [2.05, 4.69) is 45.0 Å². The Kier molecular flexibility index (Phi) is 6.05. The van der Waals surface area contributed by atoms with Gasteiger partial charge in [0.25, 0.3) is 8.32 Å². The second kappa shape index (κ2) is 8.17. The van der Waals surface area contributed by atoms with Crippen LogP contribution in [0.4, 0.5) is 0 Å². The highest BCUT2D eigenvalue weighted by atomic mass is 28.4. The molecule has 0 amide bonds. The molecule has 3 atom stereocenters. The third kappa shape index (κ3) is 3.91. The zero-order valence-electron chi connectivity index (χ0n) is 16.5. The molecule has 150 valence electrons. The van der Waals surface area contributed by atoms with Gasteiger partial charge in [-0.3, -0.25) is 0 Å². The molecule has 1 heterocycles. The summed E-state index contributed by atoms with van der Waals surface area (Å²) in [6, 6.07) is 20.4. The Hall–Kier alpha value is -1.99. The van der Waals surface area contributed by atoms with E-state index in [9.17, 15) is 15.0 Å². The SMILES string of the molecule is CC(C)(C)[Si](OC[C@@H]1C[C@@H](O)[C@@H](O)C(=O)O1)(c1ccccc1)c1ccccc1. The lowest BCUT2D eigenvalue weighted by atomic mass is 10.0. The number of aliphatic hydroxyl groups is 2. The molecule has 0 aliphatic carbocycles. The topological polar surface area (TPSA) is 76.0 Å². The van der Waals surface area contributed by atoms with Gasteiger partial charge in [-0.05, 0) is 15.4 Å². The minimum absolute atomic E-state index is 0.158. The molecule has 6 heteroatoms. The van der Waals surface area contributed by atoms with Crippen LogP contribution in [0, 0.1) is 0 Å². The summed E-state index contributed by atoms with van der Waals surface area (Å²) in [5.41, 5.74) is 0. The van der Waals surface area contributed by atoms with Crippen molar-refractivity contribution in [2.24, 2.45) is 0 Å². The largest absolute Gasteiger partial charge is 0.458 e. The van der Waals surface area contributed by atoms with Crippen molar-refractivity contribution in [3.8, 4) is 0 Å². The van der Waals surface area contributed by atoms with E-state index in [1.54, 1.807) is 0 Å². The van der Waals surface area contributed by atoms with Crippen molar-refractivity contribution in [3.63, 3.8) is 0 Å². The molecule has 1 fully saturated rings. The molecule has 0 bridgehead atoms. The van der Waals surface area contributed by atoms with E-state index in [1.807, 2.05) is 36.4 Å². The van der Waals surface area contributed by atoms with Gasteiger partial charge in [0.1, 0.15) is 6.10 Å². The highest BCUT2D eigenvalue weighted by Gasteiger charge is 2.51. The number of cyclic esters (lactones) is 1. The predicted octanol–water partition coefficient (Wildman–Crippen LogP) is 1.60. The van der Waals surface area contributed by atoms with E-state index in [4.69, 9.17) is 9.16 Å². The molecule has 0 radical (unpaired) electrons. The fraction of sp³-hybridized carbons (Fsp3) is 0.409. The highest BCUT2D eigenvalue weighted by molar-refractivity contribution is 6.99. The maximum atomic E-state index is 11.8. The average Bonchev–Trinajstić information content (AvgIpc) is 2.67. The number of benzene rings is 2. The standard InChI is InChI=1S/C22H28O5Si/c1-22(2,3)28(17-10-6-4-7-11-17,18-12-8-5-9-13-18)26-15-16-14-19(23)20(24)21(25)27-16/h4-13,16,19-20,23-24H,14-15H2,1-3H3/t16-,19+,20+/m0/s1. The number of esters is 1. The molecule has 0 saturated carbocycles. The molecule has 1 saturated heterocycles. The van der Waals surface area contributed by atoms with Crippen LogP contribution in [0.15, 0.2) is 60.7 Å². The van der Waals surface area contributed by atoms with Crippen molar-refractivity contribution in [2.75, 3.05) is 6.61 Å². The predicted molar refractivity (Wildman–Crippen MR) is 110 cm³/mol. The molecule has 2 aromatic carbocycles. The molecule has 0 unspecified atom stereocenters. The molecule has 0 aromatic heterocycles. The molecular formula is C22H28O5Si. The van der Waals surface area contributed by atoms with Crippen molar-refractivity contribution in [1.82, 2.24) is 0 Å². The number of hydrogen-bond acceptors (Lipinski definition) is 5. The second-order valence-electron chi connectivity index (χ2n) is 8.28. The molecule has 1 aliphatic rings. The van der Waals surface area contributed by atoms with Crippen molar-refractivity contribution in [1.29, 1.82) is 0 Å². The van der Waals surface area contributed by atoms with E-state index < -0.39 is 32.6 Å². The first kappa shape index (κ1) is 20.7. The maximum Gasteiger partial charge on any atom is 0.338 e. The smallest absolute Gasteiger partial charge is 0.338 e. The Morgan fingerprint density at radius 2 is 1.50 bits per heavy atom. The third-order valence-corrected chi connectivity index (χ3v) is 10.3. The van der Waals surface area contributed by atoms with Crippen LogP contribution in [-0.2, 0) is 14.0 Å². The number of carbonyl (C=O) groups excluding carboxylic acids is 1. The van der Waals surface area contributed by atoms with Crippen LogP contribution in [0.2, 0.25) is 5.04 Å². The summed E-state index contributed by atoms with van der Waals surface area (Å²) in [6.07, 6.45) is -3.05. The van der Waals surface area contributed by atoms with Gasteiger partial charge in [-0.1, -0.05) is 81.4 Å². The van der Waals surface area contributed by atoms with Gasteiger partial charge in [0.05, 0.1) is 12.7 Å². The van der Waals surface area contributed by atoms with Crippen LogP contribution >= 0.6 is 0 Å². The van der Waals surface area contributed by atoms with Crippen molar-refractivity contribution < 1.29 is 24.2 Å². The van der Waals surface area contributed by atoms with Crippen molar-refractivity contribution in [3.05, 3.63) is 60.7 Å². The fourth-order valence-corrected chi connectivity index (χ4v) is 8.51. The number of hydrogen-bond donors (Lipinski definition) is 2. The lowest BCUT2D eigenvalue weighted by Crippen LogP contribution is -2.67. The summed E-state index contributed by atoms with van der Waals surface area (Å²) < 4.78 is 12.0. The fourth-order valence-electron chi connectivity index (χ4n) is 3.92. The summed E-state index contributed by atoms with van der Waals surface area (Å²) in [5, 5.41) is 21.7. The normalized spacial score (nSPS) is 23.3. The number of carbonyl (C=O) groups is 1. The lowest BCUT2D eigenvalue weighted by Gasteiger charge is -2.44. The summed E-state index contributed by atoms with van der Waals surface area (Å²) in [7, 11) is -2.73. The Labute approximate surface area is 167 Å². The lowest BCUT2D eigenvalue weighted by molar-refractivity contribution is -0.181. The van der Waals surface area contributed by atoms with E-state index in [0.717, 1.165) is 10.4 Å². The molecule has 2 N–H and O–H groups in total. The zero-order chi connectivity index (χ0) is 20.4. The minimum atomic E-state index is -2.73. The van der Waals surface area contributed by atoms with Gasteiger partial charge < -0.3 is 19.4 Å². The van der Waals surface area contributed by atoms with Gasteiger partial charge >= 0.3 is 5.97 Å². The number of aliphatic hydroxyl groups excluding tert-OH is 2. The monoisotopic (exact) mass is 400 g/mol. The Balaban J connectivity index is 1.98. The first-order valence-electron chi connectivity index (χ1n) is 9.57. The first-order chi connectivity index (χ1) is 13.3. The number of rotatable bonds is 5. The summed E-state index contributed by atoms with van der Waals surface area (Å²) >= 11 is 0. The third-order valence-electron chi connectivity index (χ3n) is 5.30. The summed E-state index contributed by atoms with van der Waals surface area (Å²) in [4.78, 5) is 11.8. The molecule has 2 aromatic rings. The molecule has 1 aliphatic heterocycles. The Morgan fingerprint density at radius 3 is 1.93 bits per heavy atom. The molecule has 3 rings (SSSR count). The van der Waals surface area contributed by atoms with Gasteiger partial charge in [0.2, 0.25) is 0 Å². The molecule has 28 heavy (non-hydrogen) atoms. The van der Waals surface area contributed by atoms with E-state index in [0.29, 0.717) is 0 Å². The van der Waals surface area contributed by atoms with E-state index in [-0.39, 0.29) is 18.1 Å². The second-order valence-corrected chi connectivity index (χ2v) is 12.6. The van der Waals surface area contributed by atoms with Crippen LogP contribution in [-0.4, -0.2) is 49.4 Å². The van der Waals surface area contributed by atoms with Crippen LogP contribution in [0.3, 0.4) is 0 Å². The van der Waals surface area contributed by atoms with Gasteiger partial charge in [-0.2, -0.15) is 0 Å². The molecule has 5 nitrogen and oxygen atoms in total. The quantitative estimate of drug-likeness (QED) is 0.589. The van der Waals surface area contributed by atoms with Gasteiger partial charge in [-0.15, -0.1) is 0 Å². The Morgan fingerprint density at radius 1 is 1.00 bits per heavy atom.